The second kappa shape index (κ2) is 3.96. The molecule has 1 atom stereocenters. The molecule has 0 amide bonds. The fourth-order valence-corrected chi connectivity index (χ4v) is 1.26. The number of rotatable bonds is 3. The van der Waals surface area contributed by atoms with Gasteiger partial charge in [-0.15, -0.1) is 0 Å². The molecule has 1 aromatic carbocycles. The van der Waals surface area contributed by atoms with Crippen molar-refractivity contribution < 1.29 is 10.0 Å². The van der Waals surface area contributed by atoms with Crippen LogP contribution >= 0.6 is 0 Å². The van der Waals surface area contributed by atoms with Crippen LogP contribution in [0.1, 0.15) is 18.1 Å². The van der Waals surface area contributed by atoms with Crippen molar-refractivity contribution in [2.45, 2.75) is 19.4 Å². The van der Waals surface area contributed by atoms with E-state index in [4.69, 9.17) is 5.73 Å². The molecule has 82 valence electrons. The highest BCUT2D eigenvalue weighted by atomic mass is 16.6. The van der Waals surface area contributed by atoms with Crippen LogP contribution in [0.25, 0.3) is 0 Å². The first-order valence-electron chi connectivity index (χ1n) is 4.56. The third kappa shape index (κ3) is 2.31. The summed E-state index contributed by atoms with van der Waals surface area (Å²) in [5, 5.41) is 20.5. The molecule has 0 heterocycles. The third-order valence-electron chi connectivity index (χ3n) is 2.43. The van der Waals surface area contributed by atoms with Crippen molar-refractivity contribution in [2.24, 2.45) is 5.73 Å². The van der Waals surface area contributed by atoms with Crippen LogP contribution in [0.2, 0.25) is 0 Å². The van der Waals surface area contributed by atoms with Crippen LogP contribution in [0.4, 0.5) is 5.69 Å². The number of nitrogens with zero attached hydrogens (tertiary/aromatic N) is 1. The molecule has 0 aromatic heterocycles. The summed E-state index contributed by atoms with van der Waals surface area (Å²) in [7, 11) is 0. The lowest BCUT2D eigenvalue weighted by atomic mass is 9.94. The number of hydrogen-bond acceptors (Lipinski definition) is 4. The summed E-state index contributed by atoms with van der Waals surface area (Å²) in [5.41, 5.74) is 5.19. The van der Waals surface area contributed by atoms with Crippen molar-refractivity contribution in [1.29, 1.82) is 0 Å². The van der Waals surface area contributed by atoms with Crippen LogP contribution in [0.15, 0.2) is 18.2 Å². The van der Waals surface area contributed by atoms with E-state index in [0.717, 1.165) is 0 Å². The minimum Gasteiger partial charge on any atom is -0.384 e. The maximum atomic E-state index is 10.7. The normalized spacial score (nSPS) is 14.7. The van der Waals surface area contributed by atoms with E-state index in [2.05, 4.69) is 0 Å². The van der Waals surface area contributed by atoms with E-state index < -0.39 is 10.5 Å². The summed E-state index contributed by atoms with van der Waals surface area (Å²) in [6.07, 6.45) is 0. The molecule has 5 nitrogen and oxygen atoms in total. The molecule has 15 heavy (non-hydrogen) atoms. The van der Waals surface area contributed by atoms with Gasteiger partial charge in [0.1, 0.15) is 0 Å². The Morgan fingerprint density at radius 1 is 1.60 bits per heavy atom. The van der Waals surface area contributed by atoms with Gasteiger partial charge in [0.05, 0.1) is 10.5 Å². The van der Waals surface area contributed by atoms with E-state index in [1.165, 1.54) is 13.0 Å². The number of aryl methyl sites for hydroxylation is 1. The zero-order valence-corrected chi connectivity index (χ0v) is 8.73. The van der Waals surface area contributed by atoms with Gasteiger partial charge in [-0.05, 0) is 19.4 Å². The van der Waals surface area contributed by atoms with E-state index in [1.807, 2.05) is 0 Å². The van der Waals surface area contributed by atoms with Gasteiger partial charge in [0.2, 0.25) is 0 Å². The molecule has 0 aliphatic carbocycles. The second-order valence-electron chi connectivity index (χ2n) is 3.74. The lowest BCUT2D eigenvalue weighted by Crippen LogP contribution is -2.31. The molecule has 0 fully saturated rings. The summed E-state index contributed by atoms with van der Waals surface area (Å²) in [6, 6.07) is 4.62. The average molecular weight is 210 g/mol. The Labute approximate surface area is 87.7 Å². The SMILES string of the molecule is Cc1ccc(C(C)(O)CN)cc1[N+](=O)[O-]. The molecule has 1 aromatic rings. The smallest absolute Gasteiger partial charge is 0.272 e. The van der Waals surface area contributed by atoms with Crippen LogP contribution in [0.5, 0.6) is 0 Å². The quantitative estimate of drug-likeness (QED) is 0.576. The molecule has 1 unspecified atom stereocenters. The number of benzene rings is 1. The summed E-state index contributed by atoms with van der Waals surface area (Å²) < 4.78 is 0. The molecule has 0 radical (unpaired) electrons. The first kappa shape index (κ1) is 11.6. The molecule has 5 heteroatoms. The largest absolute Gasteiger partial charge is 0.384 e. The molecule has 0 spiro atoms. The molecule has 3 N–H and O–H groups in total. The van der Waals surface area contributed by atoms with Crippen molar-refractivity contribution in [3.8, 4) is 0 Å². The monoisotopic (exact) mass is 210 g/mol. The fraction of sp³-hybridized carbons (Fsp3) is 0.400. The van der Waals surface area contributed by atoms with Crippen molar-refractivity contribution in [1.82, 2.24) is 0 Å². The van der Waals surface area contributed by atoms with Crippen molar-refractivity contribution >= 4 is 5.69 Å². The van der Waals surface area contributed by atoms with E-state index in [9.17, 15) is 15.2 Å². The van der Waals surface area contributed by atoms with E-state index in [0.29, 0.717) is 11.1 Å². The van der Waals surface area contributed by atoms with Crippen molar-refractivity contribution in [3.05, 3.63) is 39.4 Å². The zero-order valence-electron chi connectivity index (χ0n) is 8.73. The highest BCUT2D eigenvalue weighted by molar-refractivity contribution is 5.44. The van der Waals surface area contributed by atoms with Gasteiger partial charge in [-0.3, -0.25) is 10.1 Å². The first-order valence-corrected chi connectivity index (χ1v) is 4.56. The van der Waals surface area contributed by atoms with Gasteiger partial charge < -0.3 is 10.8 Å². The first-order chi connectivity index (χ1) is 6.88. The maximum Gasteiger partial charge on any atom is 0.272 e. The minimum atomic E-state index is -1.22. The van der Waals surface area contributed by atoms with E-state index >= 15 is 0 Å². The van der Waals surface area contributed by atoms with Gasteiger partial charge in [0, 0.05) is 18.2 Å². The van der Waals surface area contributed by atoms with Crippen molar-refractivity contribution in [2.75, 3.05) is 6.54 Å². The maximum absolute atomic E-state index is 10.7. The Balaban J connectivity index is 3.25. The van der Waals surface area contributed by atoms with Gasteiger partial charge in [0.25, 0.3) is 5.69 Å². The van der Waals surface area contributed by atoms with Gasteiger partial charge in [-0.25, -0.2) is 0 Å². The Morgan fingerprint density at radius 3 is 2.67 bits per heavy atom. The second-order valence-corrected chi connectivity index (χ2v) is 3.74. The Bertz CT molecular complexity index is 388. The highest BCUT2D eigenvalue weighted by Gasteiger charge is 2.23. The number of nitrogens with two attached hydrogens (primary N) is 1. The summed E-state index contributed by atoms with van der Waals surface area (Å²) in [5.74, 6) is 0. The number of nitro benzene ring substituents is 1. The standard InChI is InChI=1S/C10H14N2O3/c1-7-3-4-8(10(2,13)6-11)5-9(7)12(14)15/h3-5,13H,6,11H2,1-2H3. The van der Waals surface area contributed by atoms with Gasteiger partial charge >= 0.3 is 0 Å². The summed E-state index contributed by atoms with van der Waals surface area (Å²) >= 11 is 0. The van der Waals surface area contributed by atoms with E-state index in [-0.39, 0.29) is 12.2 Å². The third-order valence-corrected chi connectivity index (χ3v) is 2.43. The average Bonchev–Trinajstić information content (AvgIpc) is 2.17. The Hall–Kier alpha value is -1.46. The minimum absolute atomic E-state index is 0.00113. The van der Waals surface area contributed by atoms with Gasteiger partial charge in [-0.1, -0.05) is 12.1 Å². The van der Waals surface area contributed by atoms with Crippen LogP contribution < -0.4 is 5.73 Å². The van der Waals surface area contributed by atoms with Gasteiger partial charge in [-0.2, -0.15) is 0 Å². The Morgan fingerprint density at radius 2 is 2.20 bits per heavy atom. The van der Waals surface area contributed by atoms with Crippen LogP contribution in [-0.4, -0.2) is 16.6 Å². The molecule has 1 rings (SSSR count). The number of hydrogen-bond donors (Lipinski definition) is 2. The summed E-state index contributed by atoms with van der Waals surface area (Å²) in [4.78, 5) is 10.2. The lowest BCUT2D eigenvalue weighted by Gasteiger charge is -2.21. The number of aliphatic hydroxyl groups is 1. The molecule has 0 aliphatic heterocycles. The van der Waals surface area contributed by atoms with E-state index in [1.54, 1.807) is 19.1 Å². The van der Waals surface area contributed by atoms with Crippen LogP contribution in [0.3, 0.4) is 0 Å². The van der Waals surface area contributed by atoms with Crippen LogP contribution in [-0.2, 0) is 5.60 Å². The molecule has 0 aliphatic rings. The molecular formula is C10H14N2O3. The fourth-order valence-electron chi connectivity index (χ4n) is 1.26. The highest BCUT2D eigenvalue weighted by Crippen LogP contribution is 2.26. The molecule has 0 saturated carbocycles. The molecule has 0 bridgehead atoms. The van der Waals surface area contributed by atoms with Crippen LogP contribution in [0, 0.1) is 17.0 Å². The van der Waals surface area contributed by atoms with Crippen molar-refractivity contribution in [3.63, 3.8) is 0 Å². The Kier molecular flexibility index (Phi) is 3.06. The predicted molar refractivity (Wildman–Crippen MR) is 56.5 cm³/mol. The predicted octanol–water partition coefficient (Wildman–Crippen LogP) is 1.07. The number of nitro groups is 1. The zero-order chi connectivity index (χ0) is 11.6. The van der Waals surface area contributed by atoms with Gasteiger partial charge in [0.15, 0.2) is 0 Å². The topological polar surface area (TPSA) is 89.4 Å². The lowest BCUT2D eigenvalue weighted by molar-refractivity contribution is -0.385. The summed E-state index contributed by atoms with van der Waals surface area (Å²) in [6.45, 7) is 3.20. The molecular weight excluding hydrogens is 196 g/mol. The molecule has 0 saturated heterocycles.